The van der Waals surface area contributed by atoms with Gasteiger partial charge in [-0.1, -0.05) is 0 Å². The van der Waals surface area contributed by atoms with E-state index in [9.17, 15) is 9.59 Å². The Bertz CT molecular complexity index is 891. The molecule has 0 spiro atoms. The number of anilines is 1. The number of rotatable bonds is 2. The zero-order valence-corrected chi connectivity index (χ0v) is 15.3. The molecule has 26 heavy (non-hydrogen) atoms. The minimum absolute atomic E-state index is 0.256. The predicted octanol–water partition coefficient (Wildman–Crippen LogP) is 1.31. The van der Waals surface area contributed by atoms with Crippen molar-refractivity contribution in [2.24, 2.45) is 0 Å². The molecule has 4 rings (SSSR count). The maximum absolute atomic E-state index is 12.3. The SMILES string of the molecule is CC1(C)OB(c2cc(N3CCC(=O)NC3=O)c3cn[nH]c3c2)OC1(C)C. The molecule has 2 aliphatic heterocycles. The zero-order valence-electron chi connectivity index (χ0n) is 15.3. The summed E-state index contributed by atoms with van der Waals surface area (Å²) >= 11 is 0. The number of nitrogens with zero attached hydrogens (tertiary/aromatic N) is 2. The number of nitrogens with one attached hydrogen (secondary N) is 2. The van der Waals surface area contributed by atoms with Gasteiger partial charge < -0.3 is 9.31 Å². The van der Waals surface area contributed by atoms with Gasteiger partial charge in [-0.05, 0) is 45.3 Å². The minimum atomic E-state index is -0.555. The molecule has 0 atom stereocenters. The topological polar surface area (TPSA) is 96.5 Å². The first-order valence-corrected chi connectivity index (χ1v) is 8.62. The molecule has 0 radical (unpaired) electrons. The number of imide groups is 1. The minimum Gasteiger partial charge on any atom is -0.399 e. The molecule has 136 valence electrons. The van der Waals surface area contributed by atoms with Gasteiger partial charge in [0.1, 0.15) is 0 Å². The van der Waals surface area contributed by atoms with Gasteiger partial charge >= 0.3 is 13.1 Å². The molecule has 3 amide bonds. The lowest BCUT2D eigenvalue weighted by atomic mass is 9.78. The molecule has 2 saturated heterocycles. The van der Waals surface area contributed by atoms with Crippen molar-refractivity contribution >= 4 is 41.1 Å². The summed E-state index contributed by atoms with van der Waals surface area (Å²) < 4.78 is 12.3. The summed E-state index contributed by atoms with van der Waals surface area (Å²) in [6.07, 6.45) is 1.92. The molecule has 1 aromatic carbocycles. The second kappa shape index (κ2) is 5.55. The van der Waals surface area contributed by atoms with Crippen LogP contribution in [-0.4, -0.2) is 47.0 Å². The number of aromatic nitrogens is 2. The summed E-state index contributed by atoms with van der Waals surface area (Å²) in [6, 6.07) is 3.35. The lowest BCUT2D eigenvalue weighted by molar-refractivity contribution is -0.120. The quantitative estimate of drug-likeness (QED) is 0.791. The number of carbonyl (C=O) groups is 2. The molecule has 8 nitrogen and oxygen atoms in total. The van der Waals surface area contributed by atoms with Crippen LogP contribution in [0.25, 0.3) is 10.9 Å². The van der Waals surface area contributed by atoms with Gasteiger partial charge in [0.25, 0.3) is 0 Å². The molecule has 9 heteroatoms. The van der Waals surface area contributed by atoms with Gasteiger partial charge in [0, 0.05) is 18.4 Å². The van der Waals surface area contributed by atoms with Crippen molar-refractivity contribution in [1.29, 1.82) is 0 Å². The van der Waals surface area contributed by atoms with Gasteiger partial charge in [-0.25, -0.2) is 4.79 Å². The molecule has 2 N–H and O–H groups in total. The number of carbonyl (C=O) groups excluding carboxylic acids is 2. The van der Waals surface area contributed by atoms with Gasteiger partial charge in [-0.2, -0.15) is 5.10 Å². The van der Waals surface area contributed by atoms with Gasteiger partial charge in [0.05, 0.1) is 28.6 Å². The molecule has 0 aliphatic carbocycles. The van der Waals surface area contributed by atoms with Crippen LogP contribution < -0.4 is 15.7 Å². The molecule has 3 heterocycles. The number of H-pyrrole nitrogens is 1. The van der Waals surface area contributed by atoms with Crippen molar-refractivity contribution in [2.75, 3.05) is 11.4 Å². The Morgan fingerprint density at radius 1 is 1.15 bits per heavy atom. The van der Waals surface area contributed by atoms with Crippen LogP contribution in [0.5, 0.6) is 0 Å². The third kappa shape index (κ3) is 2.58. The third-order valence-corrected chi connectivity index (χ3v) is 5.43. The van der Waals surface area contributed by atoms with Crippen molar-refractivity contribution in [2.45, 2.75) is 45.3 Å². The second-order valence-electron chi connectivity index (χ2n) is 7.71. The van der Waals surface area contributed by atoms with Crippen molar-refractivity contribution in [3.05, 3.63) is 18.3 Å². The number of amides is 3. The molecule has 0 bridgehead atoms. The first-order valence-electron chi connectivity index (χ1n) is 8.62. The Balaban J connectivity index is 1.77. The van der Waals surface area contributed by atoms with Crippen LogP contribution in [-0.2, 0) is 14.1 Å². The van der Waals surface area contributed by atoms with Gasteiger partial charge in [-0.15, -0.1) is 0 Å². The second-order valence-corrected chi connectivity index (χ2v) is 7.71. The zero-order chi connectivity index (χ0) is 18.7. The highest BCUT2D eigenvalue weighted by Gasteiger charge is 2.52. The van der Waals surface area contributed by atoms with Gasteiger partial charge in [0.2, 0.25) is 5.91 Å². The lowest BCUT2D eigenvalue weighted by Crippen LogP contribution is -2.50. The molecule has 1 aromatic heterocycles. The fourth-order valence-electron chi connectivity index (χ4n) is 3.19. The van der Waals surface area contributed by atoms with E-state index in [-0.39, 0.29) is 12.3 Å². The smallest absolute Gasteiger partial charge is 0.399 e. The molecule has 0 saturated carbocycles. The van der Waals surface area contributed by atoms with Crippen LogP contribution in [0.15, 0.2) is 18.3 Å². The van der Waals surface area contributed by atoms with Crippen LogP contribution in [0.1, 0.15) is 34.1 Å². The molecular weight excluding hydrogens is 335 g/mol. The highest BCUT2D eigenvalue weighted by atomic mass is 16.7. The normalized spacial score (nSPS) is 22.2. The average molecular weight is 356 g/mol. The van der Waals surface area contributed by atoms with Crippen molar-refractivity contribution < 1.29 is 18.9 Å². The first kappa shape index (κ1) is 17.1. The first-order chi connectivity index (χ1) is 12.2. The van der Waals surface area contributed by atoms with Crippen molar-refractivity contribution in [3.63, 3.8) is 0 Å². The maximum Gasteiger partial charge on any atom is 0.494 e. The largest absolute Gasteiger partial charge is 0.494 e. The van der Waals surface area contributed by atoms with Crippen LogP contribution in [0.4, 0.5) is 10.5 Å². The number of hydrogen-bond acceptors (Lipinski definition) is 5. The molecular formula is C17H21BN4O4. The Kier molecular flexibility index (Phi) is 3.64. The van der Waals surface area contributed by atoms with Crippen LogP contribution in [0.3, 0.4) is 0 Å². The highest BCUT2D eigenvalue weighted by molar-refractivity contribution is 6.62. The van der Waals surface area contributed by atoms with E-state index >= 15 is 0 Å². The summed E-state index contributed by atoms with van der Waals surface area (Å²) in [4.78, 5) is 25.3. The van der Waals surface area contributed by atoms with E-state index in [1.54, 1.807) is 11.1 Å². The van der Waals surface area contributed by atoms with E-state index < -0.39 is 24.4 Å². The monoisotopic (exact) mass is 356 g/mol. The average Bonchev–Trinajstić information content (AvgIpc) is 3.09. The third-order valence-electron chi connectivity index (χ3n) is 5.43. The highest BCUT2D eigenvalue weighted by Crippen LogP contribution is 2.37. The summed E-state index contributed by atoms with van der Waals surface area (Å²) in [5, 5.41) is 10.2. The van der Waals surface area contributed by atoms with E-state index in [1.165, 1.54) is 0 Å². The summed E-state index contributed by atoms with van der Waals surface area (Å²) in [5.74, 6) is -0.267. The van der Waals surface area contributed by atoms with Crippen LogP contribution in [0, 0.1) is 0 Å². The number of benzene rings is 1. The molecule has 0 unspecified atom stereocenters. The van der Waals surface area contributed by atoms with E-state index in [4.69, 9.17) is 9.31 Å². The lowest BCUT2D eigenvalue weighted by Gasteiger charge is -2.32. The molecule has 2 fully saturated rings. The fraction of sp³-hybridized carbons (Fsp3) is 0.471. The van der Waals surface area contributed by atoms with Crippen LogP contribution >= 0.6 is 0 Å². The van der Waals surface area contributed by atoms with Crippen molar-refractivity contribution in [3.8, 4) is 0 Å². The number of fused-ring (bicyclic) bond motifs is 1. The Hall–Kier alpha value is -2.39. The van der Waals surface area contributed by atoms with Gasteiger partial charge in [-0.3, -0.25) is 20.1 Å². The summed E-state index contributed by atoms with van der Waals surface area (Å²) in [7, 11) is -0.555. The van der Waals surface area contributed by atoms with E-state index in [0.29, 0.717) is 12.2 Å². The maximum atomic E-state index is 12.3. The standard InChI is InChI=1S/C17H21BN4O4/c1-16(2)17(3,4)26-18(25-16)10-7-12-11(9-19-21-12)13(8-10)22-6-5-14(23)20-15(22)24/h7-9H,5-6H2,1-4H3,(H,19,21)(H,20,23,24). The summed E-state index contributed by atoms with van der Waals surface area (Å²) in [5.41, 5.74) is 1.31. The number of urea groups is 1. The van der Waals surface area contributed by atoms with Crippen molar-refractivity contribution in [1.82, 2.24) is 15.5 Å². The fourth-order valence-corrected chi connectivity index (χ4v) is 3.19. The number of aromatic amines is 1. The van der Waals surface area contributed by atoms with E-state index in [2.05, 4.69) is 15.5 Å². The van der Waals surface area contributed by atoms with E-state index in [1.807, 2.05) is 39.8 Å². The molecule has 2 aliphatic rings. The van der Waals surface area contributed by atoms with Gasteiger partial charge in [0.15, 0.2) is 0 Å². The Morgan fingerprint density at radius 3 is 2.50 bits per heavy atom. The Labute approximate surface area is 151 Å². The molecule has 2 aromatic rings. The predicted molar refractivity (Wildman–Crippen MR) is 97.3 cm³/mol. The Morgan fingerprint density at radius 2 is 1.85 bits per heavy atom. The summed E-state index contributed by atoms with van der Waals surface area (Å²) in [6.45, 7) is 8.29. The van der Waals surface area contributed by atoms with Crippen LogP contribution in [0.2, 0.25) is 0 Å². The van der Waals surface area contributed by atoms with E-state index in [0.717, 1.165) is 16.4 Å². The number of hydrogen-bond donors (Lipinski definition) is 2.